The lowest BCUT2D eigenvalue weighted by molar-refractivity contribution is 0.368. The molecule has 0 bridgehead atoms. The molecule has 0 amide bonds. The minimum Gasteiger partial charge on any atom is -0.373 e. The Kier molecular flexibility index (Phi) is 1.92. The standard InChI is InChI=1S/C5H9N3O/c1-2-4(7-8-6)5-3-9-5/h4-5H,2-3H2,1H3/t4-,5+/m0/s1. The third-order valence-corrected chi connectivity index (χ3v) is 1.41. The highest BCUT2D eigenvalue weighted by molar-refractivity contribution is 4.83. The van der Waals surface area contributed by atoms with Gasteiger partial charge in [0.05, 0.1) is 18.8 Å². The topological polar surface area (TPSA) is 61.3 Å². The monoisotopic (exact) mass is 127 g/mol. The summed E-state index contributed by atoms with van der Waals surface area (Å²) in [6, 6.07) is 0.0648. The van der Waals surface area contributed by atoms with Gasteiger partial charge in [0.1, 0.15) is 0 Å². The fourth-order valence-electron chi connectivity index (χ4n) is 0.763. The SMILES string of the molecule is CC[C@H](N=[N+]=[N-])[C@H]1CO1. The molecule has 0 aromatic carbocycles. The summed E-state index contributed by atoms with van der Waals surface area (Å²) >= 11 is 0. The summed E-state index contributed by atoms with van der Waals surface area (Å²) in [5.41, 5.74) is 8.05. The summed E-state index contributed by atoms with van der Waals surface area (Å²) in [7, 11) is 0. The van der Waals surface area contributed by atoms with E-state index in [1.54, 1.807) is 0 Å². The van der Waals surface area contributed by atoms with Crippen LogP contribution < -0.4 is 0 Å². The van der Waals surface area contributed by atoms with Crippen LogP contribution in [0.15, 0.2) is 5.11 Å². The summed E-state index contributed by atoms with van der Waals surface area (Å²) in [4.78, 5) is 2.71. The zero-order valence-electron chi connectivity index (χ0n) is 5.32. The van der Waals surface area contributed by atoms with Crippen molar-refractivity contribution in [2.24, 2.45) is 5.11 Å². The normalized spacial score (nSPS) is 26.6. The highest BCUT2D eigenvalue weighted by Gasteiger charge is 2.30. The quantitative estimate of drug-likeness (QED) is 0.245. The zero-order valence-corrected chi connectivity index (χ0v) is 5.32. The van der Waals surface area contributed by atoms with E-state index in [1.807, 2.05) is 6.92 Å². The van der Waals surface area contributed by atoms with E-state index < -0.39 is 0 Å². The molecule has 0 aliphatic carbocycles. The molecule has 0 N–H and O–H groups in total. The Hall–Kier alpha value is -0.730. The smallest absolute Gasteiger partial charge is 0.0894 e. The molecule has 50 valence electrons. The van der Waals surface area contributed by atoms with Gasteiger partial charge in [0.25, 0.3) is 0 Å². The lowest BCUT2D eigenvalue weighted by Gasteiger charge is -1.99. The van der Waals surface area contributed by atoms with E-state index in [-0.39, 0.29) is 12.1 Å². The molecular weight excluding hydrogens is 118 g/mol. The van der Waals surface area contributed by atoms with E-state index in [0.717, 1.165) is 13.0 Å². The van der Waals surface area contributed by atoms with Crippen molar-refractivity contribution < 1.29 is 4.74 Å². The summed E-state index contributed by atoms with van der Waals surface area (Å²) in [6.45, 7) is 2.75. The maximum atomic E-state index is 8.05. The molecule has 4 heteroatoms. The number of hydrogen-bond acceptors (Lipinski definition) is 2. The number of epoxide rings is 1. The van der Waals surface area contributed by atoms with E-state index in [4.69, 9.17) is 10.3 Å². The largest absolute Gasteiger partial charge is 0.373 e. The number of nitrogens with zero attached hydrogens (tertiary/aromatic N) is 3. The van der Waals surface area contributed by atoms with E-state index in [1.165, 1.54) is 0 Å². The molecule has 0 aromatic heterocycles. The van der Waals surface area contributed by atoms with Crippen LogP contribution in [0, 0.1) is 0 Å². The summed E-state index contributed by atoms with van der Waals surface area (Å²) in [5, 5.41) is 3.56. The average Bonchev–Trinajstić information content (AvgIpc) is 2.64. The van der Waals surface area contributed by atoms with Crippen LogP contribution in [0.4, 0.5) is 0 Å². The van der Waals surface area contributed by atoms with Crippen molar-refractivity contribution in [3.05, 3.63) is 10.4 Å². The Morgan fingerprint density at radius 2 is 2.67 bits per heavy atom. The first-order valence-electron chi connectivity index (χ1n) is 3.04. The summed E-state index contributed by atoms with van der Waals surface area (Å²) in [5.74, 6) is 0. The molecule has 0 spiro atoms. The molecule has 9 heavy (non-hydrogen) atoms. The van der Waals surface area contributed by atoms with Crippen molar-refractivity contribution in [3.8, 4) is 0 Å². The second kappa shape index (κ2) is 2.71. The highest BCUT2D eigenvalue weighted by atomic mass is 16.6. The first-order chi connectivity index (χ1) is 4.38. The van der Waals surface area contributed by atoms with Crippen LogP contribution in [0.5, 0.6) is 0 Å². The maximum absolute atomic E-state index is 8.05. The Bertz CT molecular complexity index is 137. The van der Waals surface area contributed by atoms with Crippen molar-refractivity contribution in [1.29, 1.82) is 0 Å². The van der Waals surface area contributed by atoms with Gasteiger partial charge in [-0.05, 0) is 12.0 Å². The fraction of sp³-hybridized carbons (Fsp3) is 1.00. The molecule has 1 rings (SSSR count). The van der Waals surface area contributed by atoms with Gasteiger partial charge in [-0.2, -0.15) is 0 Å². The predicted octanol–water partition coefficient (Wildman–Crippen LogP) is 1.47. The molecule has 0 radical (unpaired) electrons. The first kappa shape index (κ1) is 6.39. The third-order valence-electron chi connectivity index (χ3n) is 1.41. The molecular formula is C5H9N3O. The fourth-order valence-corrected chi connectivity index (χ4v) is 0.763. The maximum Gasteiger partial charge on any atom is 0.0894 e. The van der Waals surface area contributed by atoms with Gasteiger partial charge in [-0.25, -0.2) is 0 Å². The summed E-state index contributed by atoms with van der Waals surface area (Å²) in [6.07, 6.45) is 1.08. The molecule has 1 saturated heterocycles. The first-order valence-corrected chi connectivity index (χ1v) is 3.04. The van der Waals surface area contributed by atoms with Crippen LogP contribution in [0.2, 0.25) is 0 Å². The average molecular weight is 127 g/mol. The lowest BCUT2D eigenvalue weighted by atomic mass is 10.2. The van der Waals surface area contributed by atoms with Crippen LogP contribution in [-0.4, -0.2) is 18.8 Å². The molecule has 0 aromatic rings. The number of azide groups is 1. The molecule has 1 aliphatic rings. The molecule has 4 nitrogen and oxygen atoms in total. The second-order valence-electron chi connectivity index (χ2n) is 2.05. The van der Waals surface area contributed by atoms with Gasteiger partial charge in [0.2, 0.25) is 0 Å². The van der Waals surface area contributed by atoms with Crippen molar-refractivity contribution in [3.63, 3.8) is 0 Å². The lowest BCUT2D eigenvalue weighted by Crippen LogP contribution is -2.09. The van der Waals surface area contributed by atoms with Crippen LogP contribution >= 0.6 is 0 Å². The van der Waals surface area contributed by atoms with Gasteiger partial charge in [-0.1, -0.05) is 12.0 Å². The molecule has 1 heterocycles. The van der Waals surface area contributed by atoms with Gasteiger partial charge < -0.3 is 4.74 Å². The van der Waals surface area contributed by atoms with Crippen molar-refractivity contribution in [2.75, 3.05) is 6.61 Å². The third kappa shape index (κ3) is 1.59. The minimum absolute atomic E-state index is 0.0648. The van der Waals surface area contributed by atoms with E-state index in [0.29, 0.717) is 0 Å². The van der Waals surface area contributed by atoms with E-state index in [2.05, 4.69) is 10.0 Å². The molecule has 2 atom stereocenters. The molecule has 0 unspecified atom stereocenters. The minimum atomic E-state index is 0.0648. The Morgan fingerprint density at radius 3 is 3.00 bits per heavy atom. The number of ether oxygens (including phenoxy) is 1. The molecule has 0 saturated carbocycles. The molecule has 1 aliphatic heterocycles. The predicted molar refractivity (Wildman–Crippen MR) is 33.0 cm³/mol. The van der Waals surface area contributed by atoms with E-state index >= 15 is 0 Å². The van der Waals surface area contributed by atoms with Crippen LogP contribution in [0.3, 0.4) is 0 Å². The highest BCUT2D eigenvalue weighted by Crippen LogP contribution is 2.19. The summed E-state index contributed by atoms with van der Waals surface area (Å²) < 4.78 is 4.95. The van der Waals surface area contributed by atoms with Gasteiger partial charge in [0.15, 0.2) is 0 Å². The Balaban J connectivity index is 2.37. The van der Waals surface area contributed by atoms with Gasteiger partial charge >= 0.3 is 0 Å². The number of rotatable bonds is 3. The Morgan fingerprint density at radius 1 is 2.00 bits per heavy atom. The number of hydrogen-bond donors (Lipinski definition) is 0. The van der Waals surface area contributed by atoms with Gasteiger partial charge in [-0.3, -0.25) is 0 Å². The van der Waals surface area contributed by atoms with Crippen molar-refractivity contribution in [1.82, 2.24) is 0 Å². The molecule has 1 fully saturated rings. The van der Waals surface area contributed by atoms with E-state index in [9.17, 15) is 0 Å². The van der Waals surface area contributed by atoms with Gasteiger partial charge in [-0.15, -0.1) is 0 Å². The van der Waals surface area contributed by atoms with Crippen molar-refractivity contribution in [2.45, 2.75) is 25.5 Å². The zero-order chi connectivity index (χ0) is 6.69. The van der Waals surface area contributed by atoms with Crippen LogP contribution in [-0.2, 0) is 4.74 Å². The van der Waals surface area contributed by atoms with Crippen LogP contribution in [0.1, 0.15) is 13.3 Å². The Labute approximate surface area is 53.4 Å². The van der Waals surface area contributed by atoms with Crippen LogP contribution in [0.25, 0.3) is 10.4 Å². The van der Waals surface area contributed by atoms with Gasteiger partial charge in [0, 0.05) is 4.91 Å². The van der Waals surface area contributed by atoms with Crippen molar-refractivity contribution >= 4 is 0 Å². The second-order valence-corrected chi connectivity index (χ2v) is 2.05.